The minimum atomic E-state index is -0.415. The van der Waals surface area contributed by atoms with Crippen LogP contribution in [0.1, 0.15) is 5.56 Å². The molecule has 1 N–H and O–H groups in total. The predicted molar refractivity (Wildman–Crippen MR) is 83.4 cm³/mol. The van der Waals surface area contributed by atoms with Gasteiger partial charge in [0.1, 0.15) is 5.82 Å². The number of hydrogen-bond donors (Lipinski definition) is 1. The maximum absolute atomic E-state index is 13.1. The number of aromatic nitrogens is 1. The van der Waals surface area contributed by atoms with Gasteiger partial charge in [0.15, 0.2) is 5.13 Å². The Balaban J connectivity index is 1.79. The molecule has 1 heterocycles. The number of hydrogen-bond acceptors (Lipinski definition) is 3. The molecule has 0 radical (unpaired) electrons. The Kier molecular flexibility index (Phi) is 3.78. The van der Waals surface area contributed by atoms with Crippen molar-refractivity contribution in [3.05, 3.63) is 57.8 Å². The first-order valence-electron chi connectivity index (χ1n) is 5.86. The summed E-state index contributed by atoms with van der Waals surface area (Å²) in [5.41, 5.74) is 1.75. The summed E-state index contributed by atoms with van der Waals surface area (Å²) < 4.78 is 14.0. The van der Waals surface area contributed by atoms with Crippen molar-refractivity contribution in [3.8, 4) is 0 Å². The van der Waals surface area contributed by atoms with Crippen LogP contribution in [0.3, 0.4) is 0 Å². The summed E-state index contributed by atoms with van der Waals surface area (Å²) in [4.78, 5) is 4.44. The van der Waals surface area contributed by atoms with Crippen molar-refractivity contribution in [3.63, 3.8) is 0 Å². The SMILES string of the molecule is Fc1ccc(CNc2nc3cccc(Cl)c3s2)cc1Cl. The average Bonchev–Trinajstić information content (AvgIpc) is 2.85. The summed E-state index contributed by atoms with van der Waals surface area (Å²) in [7, 11) is 0. The molecule has 0 atom stereocenters. The Morgan fingerprint density at radius 2 is 2.00 bits per heavy atom. The molecule has 3 rings (SSSR count). The minimum Gasteiger partial charge on any atom is -0.357 e. The highest BCUT2D eigenvalue weighted by molar-refractivity contribution is 7.22. The highest BCUT2D eigenvalue weighted by Gasteiger charge is 2.07. The lowest BCUT2D eigenvalue weighted by molar-refractivity contribution is 0.627. The Morgan fingerprint density at radius 1 is 1.15 bits per heavy atom. The summed E-state index contributed by atoms with van der Waals surface area (Å²) in [6.07, 6.45) is 0. The summed E-state index contributed by atoms with van der Waals surface area (Å²) in [5.74, 6) is -0.415. The van der Waals surface area contributed by atoms with E-state index in [1.807, 2.05) is 18.2 Å². The van der Waals surface area contributed by atoms with Gasteiger partial charge in [-0.25, -0.2) is 9.37 Å². The zero-order valence-electron chi connectivity index (χ0n) is 10.2. The number of halogens is 3. The van der Waals surface area contributed by atoms with Crippen LogP contribution in [-0.4, -0.2) is 4.98 Å². The third-order valence-corrected chi connectivity index (χ3v) is 4.57. The molecule has 102 valence electrons. The van der Waals surface area contributed by atoms with E-state index in [1.54, 1.807) is 12.1 Å². The molecule has 20 heavy (non-hydrogen) atoms. The Hall–Kier alpha value is -1.36. The van der Waals surface area contributed by atoms with Gasteiger partial charge in [-0.15, -0.1) is 0 Å². The molecular formula is C14H9Cl2FN2S. The molecule has 0 amide bonds. The van der Waals surface area contributed by atoms with Gasteiger partial charge in [0, 0.05) is 6.54 Å². The van der Waals surface area contributed by atoms with Crippen LogP contribution in [0.25, 0.3) is 10.2 Å². The van der Waals surface area contributed by atoms with Gasteiger partial charge in [0.25, 0.3) is 0 Å². The zero-order chi connectivity index (χ0) is 14.1. The van der Waals surface area contributed by atoms with Crippen molar-refractivity contribution >= 4 is 49.9 Å². The summed E-state index contributed by atoms with van der Waals surface area (Å²) >= 11 is 13.3. The lowest BCUT2D eigenvalue weighted by Crippen LogP contribution is -1.98. The summed E-state index contributed by atoms with van der Waals surface area (Å²) in [6, 6.07) is 10.3. The van der Waals surface area contributed by atoms with E-state index >= 15 is 0 Å². The zero-order valence-corrected chi connectivity index (χ0v) is 12.5. The van der Waals surface area contributed by atoms with E-state index in [-0.39, 0.29) is 5.02 Å². The minimum absolute atomic E-state index is 0.122. The van der Waals surface area contributed by atoms with Gasteiger partial charge >= 0.3 is 0 Å². The van der Waals surface area contributed by atoms with Crippen LogP contribution in [0.5, 0.6) is 0 Å². The van der Waals surface area contributed by atoms with Crippen LogP contribution >= 0.6 is 34.5 Å². The third-order valence-electron chi connectivity index (χ3n) is 2.79. The van der Waals surface area contributed by atoms with E-state index in [0.29, 0.717) is 11.6 Å². The van der Waals surface area contributed by atoms with Gasteiger partial charge < -0.3 is 5.32 Å². The van der Waals surface area contributed by atoms with E-state index in [9.17, 15) is 4.39 Å². The second kappa shape index (κ2) is 5.56. The molecule has 1 aromatic heterocycles. The molecule has 0 spiro atoms. The number of nitrogens with one attached hydrogen (secondary N) is 1. The molecular weight excluding hydrogens is 318 g/mol. The molecule has 0 saturated carbocycles. The molecule has 0 unspecified atom stereocenters. The quantitative estimate of drug-likeness (QED) is 0.701. The van der Waals surface area contributed by atoms with Crippen LogP contribution in [0, 0.1) is 5.82 Å². The normalized spacial score (nSPS) is 10.9. The Labute approximate surface area is 129 Å². The highest BCUT2D eigenvalue weighted by atomic mass is 35.5. The first-order valence-corrected chi connectivity index (χ1v) is 7.43. The topological polar surface area (TPSA) is 24.9 Å². The maximum atomic E-state index is 13.1. The number of thiazole rings is 1. The third kappa shape index (κ3) is 2.73. The van der Waals surface area contributed by atoms with Gasteiger partial charge in [-0.1, -0.05) is 46.7 Å². The fourth-order valence-corrected chi connectivity index (χ4v) is 3.17. The van der Waals surface area contributed by atoms with E-state index in [2.05, 4.69) is 10.3 Å². The van der Waals surface area contributed by atoms with Crippen molar-refractivity contribution in [2.75, 3.05) is 5.32 Å². The largest absolute Gasteiger partial charge is 0.357 e. The van der Waals surface area contributed by atoms with Crippen molar-refractivity contribution < 1.29 is 4.39 Å². The highest BCUT2D eigenvalue weighted by Crippen LogP contribution is 2.32. The van der Waals surface area contributed by atoms with Gasteiger partial charge in [-0.05, 0) is 29.8 Å². The van der Waals surface area contributed by atoms with Crippen LogP contribution < -0.4 is 5.32 Å². The number of nitrogens with zero attached hydrogens (tertiary/aromatic N) is 1. The number of rotatable bonds is 3. The van der Waals surface area contributed by atoms with Gasteiger partial charge in [-0.2, -0.15) is 0 Å². The van der Waals surface area contributed by atoms with Crippen LogP contribution in [0.2, 0.25) is 10.0 Å². The molecule has 2 aromatic carbocycles. The molecule has 0 aliphatic carbocycles. The fourth-order valence-electron chi connectivity index (χ4n) is 1.82. The lowest BCUT2D eigenvalue weighted by Gasteiger charge is -2.03. The molecule has 3 aromatic rings. The fraction of sp³-hybridized carbons (Fsp3) is 0.0714. The van der Waals surface area contributed by atoms with Gasteiger partial charge in [-0.3, -0.25) is 0 Å². The smallest absolute Gasteiger partial charge is 0.184 e. The molecule has 0 fully saturated rings. The first-order chi connectivity index (χ1) is 9.63. The first kappa shape index (κ1) is 13.6. The van der Waals surface area contributed by atoms with Crippen molar-refractivity contribution in [1.82, 2.24) is 4.98 Å². The second-order valence-electron chi connectivity index (χ2n) is 4.21. The van der Waals surface area contributed by atoms with Crippen LogP contribution in [0.4, 0.5) is 9.52 Å². The van der Waals surface area contributed by atoms with Crippen LogP contribution in [0.15, 0.2) is 36.4 Å². The van der Waals surface area contributed by atoms with Crippen molar-refractivity contribution in [2.24, 2.45) is 0 Å². The Bertz CT molecular complexity index is 773. The molecule has 0 aliphatic heterocycles. The molecule has 0 aliphatic rings. The summed E-state index contributed by atoms with van der Waals surface area (Å²) in [6.45, 7) is 0.525. The maximum Gasteiger partial charge on any atom is 0.184 e. The summed E-state index contributed by atoms with van der Waals surface area (Å²) in [5, 5.41) is 4.78. The standard InChI is InChI=1S/C14H9Cl2FN2S/c15-9-2-1-3-12-13(9)20-14(19-12)18-7-8-4-5-11(17)10(16)6-8/h1-6H,7H2,(H,18,19). The lowest BCUT2D eigenvalue weighted by atomic mass is 10.2. The average molecular weight is 327 g/mol. The van der Waals surface area contributed by atoms with E-state index < -0.39 is 5.82 Å². The van der Waals surface area contributed by atoms with Crippen molar-refractivity contribution in [2.45, 2.75) is 6.54 Å². The number of benzene rings is 2. The van der Waals surface area contributed by atoms with Crippen molar-refractivity contribution in [1.29, 1.82) is 0 Å². The predicted octanol–water partition coefficient (Wildman–Crippen LogP) is 5.35. The monoisotopic (exact) mass is 326 g/mol. The van der Waals surface area contributed by atoms with Crippen LogP contribution in [-0.2, 0) is 6.54 Å². The number of fused-ring (bicyclic) bond motifs is 1. The molecule has 6 heteroatoms. The van der Waals surface area contributed by atoms with E-state index in [4.69, 9.17) is 23.2 Å². The molecule has 0 bridgehead atoms. The number of anilines is 1. The van der Waals surface area contributed by atoms with E-state index in [1.165, 1.54) is 17.4 Å². The van der Waals surface area contributed by atoms with Gasteiger partial charge in [0.2, 0.25) is 0 Å². The van der Waals surface area contributed by atoms with Gasteiger partial charge in [0.05, 0.1) is 20.3 Å². The Morgan fingerprint density at radius 3 is 2.75 bits per heavy atom. The molecule has 2 nitrogen and oxygen atoms in total. The van der Waals surface area contributed by atoms with E-state index in [0.717, 1.165) is 20.9 Å². The molecule has 0 saturated heterocycles. The second-order valence-corrected chi connectivity index (χ2v) is 6.02.